The van der Waals surface area contributed by atoms with Crippen molar-refractivity contribution in [2.75, 3.05) is 7.11 Å². The first-order valence-corrected chi connectivity index (χ1v) is 5.29. The Balaban J connectivity index is 2.28. The number of hydrogen-bond donors (Lipinski definition) is 0. The molecule has 0 aliphatic rings. The second-order valence-electron chi connectivity index (χ2n) is 3.05. The first-order chi connectivity index (χ1) is 7.70. The summed E-state index contributed by atoms with van der Waals surface area (Å²) in [5, 5.41) is 0. The fourth-order valence-electron chi connectivity index (χ4n) is 1.23. The van der Waals surface area contributed by atoms with Gasteiger partial charge in [0.05, 0.1) is 17.7 Å². The van der Waals surface area contributed by atoms with Crippen molar-refractivity contribution in [3.63, 3.8) is 0 Å². The summed E-state index contributed by atoms with van der Waals surface area (Å²) in [6, 6.07) is 9.62. The topological polar surface area (TPSA) is 22.1 Å². The predicted octanol–water partition coefficient (Wildman–Crippen LogP) is 3.56. The maximum absolute atomic E-state index is 12.3. The Bertz CT molecular complexity index is 467. The molecular formula is C11H8F2NOS. The van der Waals surface area contributed by atoms with E-state index in [4.69, 9.17) is 4.74 Å². The van der Waals surface area contributed by atoms with Crippen molar-refractivity contribution < 1.29 is 13.5 Å². The van der Waals surface area contributed by atoms with Gasteiger partial charge in [0.2, 0.25) is 0 Å². The summed E-state index contributed by atoms with van der Waals surface area (Å²) < 4.78 is 33.6. The van der Waals surface area contributed by atoms with E-state index in [-0.39, 0.29) is 4.88 Å². The fraction of sp³-hybridized carbons (Fsp3) is 0.182. The number of hydrogen-bond acceptors (Lipinski definition) is 3. The van der Waals surface area contributed by atoms with E-state index in [0.717, 1.165) is 17.1 Å². The van der Waals surface area contributed by atoms with Crippen molar-refractivity contribution in [3.8, 4) is 17.0 Å². The predicted molar refractivity (Wildman–Crippen MR) is 57.9 cm³/mol. The van der Waals surface area contributed by atoms with Gasteiger partial charge in [-0.15, -0.1) is 0 Å². The third-order valence-electron chi connectivity index (χ3n) is 2.04. The summed E-state index contributed by atoms with van der Waals surface area (Å²) in [6.07, 6.45) is -2.51. The molecule has 0 unspecified atom stereocenters. The summed E-state index contributed by atoms with van der Waals surface area (Å²) in [6.45, 7) is 0. The molecule has 0 saturated carbocycles. The number of benzene rings is 1. The van der Waals surface area contributed by atoms with Crippen molar-refractivity contribution in [1.29, 1.82) is 0 Å². The molecule has 0 amide bonds. The summed E-state index contributed by atoms with van der Waals surface area (Å²) in [7, 11) is 1.57. The van der Waals surface area contributed by atoms with Crippen LogP contribution in [0.3, 0.4) is 0 Å². The van der Waals surface area contributed by atoms with Gasteiger partial charge in [0.25, 0.3) is 6.43 Å². The Morgan fingerprint density at radius 1 is 1.31 bits per heavy atom. The number of methoxy groups -OCH3 is 1. The van der Waals surface area contributed by atoms with Crippen molar-refractivity contribution in [2.24, 2.45) is 0 Å². The lowest BCUT2D eigenvalue weighted by Crippen LogP contribution is -1.82. The van der Waals surface area contributed by atoms with Gasteiger partial charge in [0.1, 0.15) is 5.75 Å². The van der Waals surface area contributed by atoms with Gasteiger partial charge >= 0.3 is 0 Å². The lowest BCUT2D eigenvalue weighted by atomic mass is 10.1. The van der Waals surface area contributed by atoms with Crippen molar-refractivity contribution in [3.05, 3.63) is 35.2 Å². The number of nitrogens with zero attached hydrogens (tertiary/aromatic N) is 1. The minimum Gasteiger partial charge on any atom is -0.497 e. The molecule has 2 aromatic rings. The Hall–Kier alpha value is -1.49. The van der Waals surface area contributed by atoms with E-state index < -0.39 is 6.43 Å². The van der Waals surface area contributed by atoms with Gasteiger partial charge < -0.3 is 4.74 Å². The zero-order chi connectivity index (χ0) is 11.5. The maximum Gasteiger partial charge on any atom is 0.275 e. The van der Waals surface area contributed by atoms with Gasteiger partial charge in [-0.1, -0.05) is 0 Å². The summed E-state index contributed by atoms with van der Waals surface area (Å²) >= 11 is 0.776. The summed E-state index contributed by atoms with van der Waals surface area (Å²) in [5.41, 5.74) is 1.20. The molecule has 0 aliphatic heterocycles. The van der Waals surface area contributed by atoms with Crippen LogP contribution in [0, 0.1) is 6.07 Å². The largest absolute Gasteiger partial charge is 0.497 e. The molecule has 1 aromatic carbocycles. The average molecular weight is 240 g/mol. The molecule has 1 radical (unpaired) electrons. The van der Waals surface area contributed by atoms with Crippen LogP contribution in [0.4, 0.5) is 8.78 Å². The second-order valence-corrected chi connectivity index (χ2v) is 3.85. The molecule has 1 aromatic heterocycles. The van der Waals surface area contributed by atoms with Gasteiger partial charge in [-0.2, -0.15) is 4.37 Å². The molecule has 2 rings (SSSR count). The monoisotopic (exact) mass is 240 g/mol. The molecule has 1 heterocycles. The maximum atomic E-state index is 12.3. The highest BCUT2D eigenvalue weighted by atomic mass is 32.1. The van der Waals surface area contributed by atoms with E-state index in [1.807, 2.05) is 0 Å². The minimum absolute atomic E-state index is 0.134. The molecule has 0 N–H and O–H groups in total. The van der Waals surface area contributed by atoms with Gasteiger partial charge in [-0.25, -0.2) is 8.78 Å². The fourth-order valence-corrected chi connectivity index (χ4v) is 1.79. The smallest absolute Gasteiger partial charge is 0.275 e. The van der Waals surface area contributed by atoms with Gasteiger partial charge in [-0.3, -0.25) is 0 Å². The van der Waals surface area contributed by atoms with Crippen LogP contribution in [0.2, 0.25) is 0 Å². The lowest BCUT2D eigenvalue weighted by Gasteiger charge is -1.99. The van der Waals surface area contributed by atoms with Crippen molar-refractivity contribution >= 4 is 11.5 Å². The number of halogens is 2. The lowest BCUT2D eigenvalue weighted by molar-refractivity contribution is 0.155. The van der Waals surface area contributed by atoms with Gasteiger partial charge in [0, 0.05) is 11.6 Å². The molecule has 0 aliphatic carbocycles. The molecule has 0 saturated heterocycles. The van der Waals surface area contributed by atoms with Crippen LogP contribution < -0.4 is 4.74 Å². The summed E-state index contributed by atoms with van der Waals surface area (Å²) in [5.74, 6) is 0.716. The van der Waals surface area contributed by atoms with Gasteiger partial charge in [0.15, 0.2) is 0 Å². The molecule has 83 valence electrons. The van der Waals surface area contributed by atoms with Crippen LogP contribution in [0.5, 0.6) is 5.75 Å². The number of rotatable bonds is 3. The Morgan fingerprint density at radius 3 is 2.50 bits per heavy atom. The van der Waals surface area contributed by atoms with E-state index in [9.17, 15) is 8.78 Å². The van der Waals surface area contributed by atoms with E-state index in [2.05, 4.69) is 10.4 Å². The van der Waals surface area contributed by atoms with E-state index in [1.165, 1.54) is 0 Å². The minimum atomic E-state index is -2.51. The zero-order valence-electron chi connectivity index (χ0n) is 8.41. The third kappa shape index (κ3) is 2.19. The Kier molecular flexibility index (Phi) is 3.14. The average Bonchev–Trinajstić information content (AvgIpc) is 2.78. The molecule has 0 spiro atoms. The molecule has 5 heteroatoms. The molecule has 0 bridgehead atoms. The molecular weight excluding hydrogens is 232 g/mol. The first kappa shape index (κ1) is 11.0. The second kappa shape index (κ2) is 4.57. The highest BCUT2D eigenvalue weighted by molar-refractivity contribution is 7.06. The van der Waals surface area contributed by atoms with Crippen LogP contribution in [0.25, 0.3) is 11.3 Å². The molecule has 0 fully saturated rings. The van der Waals surface area contributed by atoms with E-state index >= 15 is 0 Å². The normalized spacial score (nSPS) is 10.8. The highest BCUT2D eigenvalue weighted by Gasteiger charge is 2.13. The molecule has 16 heavy (non-hydrogen) atoms. The van der Waals surface area contributed by atoms with Crippen molar-refractivity contribution in [2.45, 2.75) is 6.43 Å². The van der Waals surface area contributed by atoms with Crippen LogP contribution in [0.15, 0.2) is 24.3 Å². The SMILES string of the molecule is COc1ccc(-c2[c]c(C(F)F)sn2)cc1. The molecule has 2 nitrogen and oxygen atoms in total. The third-order valence-corrected chi connectivity index (χ3v) is 2.79. The standard InChI is InChI=1S/C11H8F2NOS/c1-15-8-4-2-7(3-5-8)9-6-10(11(12)13)16-14-9/h2-5,11H,1H3. The van der Waals surface area contributed by atoms with E-state index in [0.29, 0.717) is 11.4 Å². The highest BCUT2D eigenvalue weighted by Crippen LogP contribution is 2.28. The van der Waals surface area contributed by atoms with Crippen LogP contribution in [-0.4, -0.2) is 11.5 Å². The Labute approximate surface area is 95.7 Å². The number of aromatic nitrogens is 1. The molecule has 0 atom stereocenters. The first-order valence-electron chi connectivity index (χ1n) is 4.52. The number of ether oxygens (including phenoxy) is 1. The quantitative estimate of drug-likeness (QED) is 0.818. The number of alkyl halides is 2. The van der Waals surface area contributed by atoms with Crippen LogP contribution in [0.1, 0.15) is 11.3 Å². The van der Waals surface area contributed by atoms with Gasteiger partial charge in [-0.05, 0) is 35.8 Å². The van der Waals surface area contributed by atoms with Crippen LogP contribution >= 0.6 is 11.5 Å². The van der Waals surface area contributed by atoms with Crippen LogP contribution in [-0.2, 0) is 0 Å². The van der Waals surface area contributed by atoms with Crippen molar-refractivity contribution in [1.82, 2.24) is 4.37 Å². The Morgan fingerprint density at radius 2 is 2.00 bits per heavy atom. The summed E-state index contributed by atoms with van der Waals surface area (Å²) in [4.78, 5) is -0.134. The van der Waals surface area contributed by atoms with E-state index in [1.54, 1.807) is 31.4 Å². The zero-order valence-corrected chi connectivity index (χ0v) is 9.22.